The van der Waals surface area contributed by atoms with Gasteiger partial charge in [-0.3, -0.25) is 9.78 Å². The van der Waals surface area contributed by atoms with Gasteiger partial charge in [-0.2, -0.15) is 24.9 Å². The molecular formula is C19H20F4N2O2S. The van der Waals surface area contributed by atoms with Crippen LogP contribution in [0.25, 0.3) is 11.1 Å². The van der Waals surface area contributed by atoms with Gasteiger partial charge in [-0.15, -0.1) is 0 Å². The zero-order chi connectivity index (χ0) is 20.7. The minimum atomic E-state index is -4.40. The monoisotopic (exact) mass is 416 g/mol. The minimum Gasteiger partial charge on any atom is -0.480 e. The molecule has 28 heavy (non-hydrogen) atoms. The van der Waals surface area contributed by atoms with E-state index >= 15 is 0 Å². The molecule has 0 saturated heterocycles. The minimum absolute atomic E-state index is 0.128. The number of aliphatic carboxylic acids is 1. The van der Waals surface area contributed by atoms with Crippen LogP contribution < -0.4 is 5.73 Å². The number of alkyl halides is 3. The van der Waals surface area contributed by atoms with E-state index in [0.29, 0.717) is 16.9 Å². The van der Waals surface area contributed by atoms with E-state index in [-0.39, 0.29) is 24.2 Å². The summed E-state index contributed by atoms with van der Waals surface area (Å²) in [5, 5.41) is 8.69. The second-order valence-corrected chi connectivity index (χ2v) is 7.47. The molecule has 1 aromatic heterocycles. The van der Waals surface area contributed by atoms with E-state index < -0.39 is 29.9 Å². The van der Waals surface area contributed by atoms with Crippen LogP contribution in [0, 0.1) is 5.82 Å². The van der Waals surface area contributed by atoms with Gasteiger partial charge in [0.25, 0.3) is 0 Å². The number of pyridine rings is 1. The highest BCUT2D eigenvalue weighted by Crippen LogP contribution is 2.38. The maximum Gasteiger partial charge on any atom is 0.395 e. The van der Waals surface area contributed by atoms with Gasteiger partial charge in [-0.1, -0.05) is 24.3 Å². The smallest absolute Gasteiger partial charge is 0.395 e. The molecule has 0 fully saturated rings. The Morgan fingerprint density at radius 1 is 1.11 bits per heavy atom. The number of nitrogens with two attached hydrogens (primary N) is 1. The zero-order valence-corrected chi connectivity index (χ0v) is 15.6. The van der Waals surface area contributed by atoms with Gasteiger partial charge in [0.15, 0.2) is 0 Å². The van der Waals surface area contributed by atoms with Gasteiger partial charge in [0.05, 0.1) is 12.1 Å². The Kier molecular flexibility index (Phi) is 7.82. The Balaban J connectivity index is 2.00. The van der Waals surface area contributed by atoms with E-state index in [4.69, 9.17) is 10.8 Å². The third-order valence-corrected chi connectivity index (χ3v) is 5.24. The van der Waals surface area contributed by atoms with Crippen molar-refractivity contribution in [3.05, 3.63) is 54.1 Å². The lowest BCUT2D eigenvalue weighted by Crippen LogP contribution is -2.30. The molecule has 0 aliphatic carbocycles. The summed E-state index contributed by atoms with van der Waals surface area (Å²) in [6, 6.07) is 6.08. The van der Waals surface area contributed by atoms with Crippen LogP contribution in [-0.4, -0.2) is 39.8 Å². The summed E-state index contributed by atoms with van der Waals surface area (Å²) < 4.78 is 53.6. The predicted octanol–water partition coefficient (Wildman–Crippen LogP) is 4.46. The van der Waals surface area contributed by atoms with Crippen LogP contribution >= 0.6 is 11.8 Å². The van der Waals surface area contributed by atoms with E-state index in [2.05, 4.69) is 4.98 Å². The van der Waals surface area contributed by atoms with Crippen molar-refractivity contribution in [2.45, 2.75) is 31.0 Å². The van der Waals surface area contributed by atoms with Gasteiger partial charge in [-0.05, 0) is 41.5 Å². The molecule has 2 unspecified atom stereocenters. The van der Waals surface area contributed by atoms with Crippen LogP contribution in [-0.2, 0) is 4.79 Å². The number of benzene rings is 1. The lowest BCUT2D eigenvalue weighted by molar-refractivity contribution is -0.150. The third-order valence-electron chi connectivity index (χ3n) is 4.19. The zero-order valence-electron chi connectivity index (χ0n) is 14.8. The van der Waals surface area contributed by atoms with Crippen LogP contribution in [0.4, 0.5) is 17.6 Å². The van der Waals surface area contributed by atoms with Crippen LogP contribution in [0.1, 0.15) is 24.3 Å². The van der Waals surface area contributed by atoms with E-state index in [1.165, 1.54) is 48.3 Å². The van der Waals surface area contributed by atoms with Gasteiger partial charge < -0.3 is 10.8 Å². The molecule has 0 radical (unpaired) electrons. The molecule has 0 amide bonds. The first kappa shape index (κ1) is 22.2. The molecule has 2 atom stereocenters. The van der Waals surface area contributed by atoms with Gasteiger partial charge in [0.1, 0.15) is 11.9 Å². The molecule has 4 nitrogen and oxygen atoms in total. The molecule has 0 spiro atoms. The number of rotatable bonds is 9. The summed E-state index contributed by atoms with van der Waals surface area (Å²) in [5.74, 6) is -2.67. The number of hydrogen-bond donors (Lipinski definition) is 2. The molecule has 152 valence electrons. The molecule has 0 bridgehead atoms. The van der Waals surface area contributed by atoms with Crippen molar-refractivity contribution in [3.8, 4) is 11.1 Å². The van der Waals surface area contributed by atoms with E-state index in [9.17, 15) is 22.4 Å². The van der Waals surface area contributed by atoms with Crippen molar-refractivity contribution in [1.82, 2.24) is 4.98 Å². The Hall–Kier alpha value is -2.13. The summed E-state index contributed by atoms with van der Waals surface area (Å²) in [5.41, 5.74) is 6.56. The van der Waals surface area contributed by atoms with Gasteiger partial charge in [0.2, 0.25) is 0 Å². The Morgan fingerprint density at radius 3 is 2.32 bits per heavy atom. The summed E-state index contributed by atoms with van der Waals surface area (Å²) in [4.78, 5) is 14.4. The van der Waals surface area contributed by atoms with Crippen molar-refractivity contribution >= 4 is 17.7 Å². The number of nitrogens with zero attached hydrogens (tertiary/aromatic N) is 1. The molecule has 1 aromatic carbocycles. The standard InChI is InChI=1S/C19H20F4N2O2S/c20-15-9-14(10-25-11-15)12-1-3-13(4-2-12)16(19(21,22)23)5-7-28-8-6-17(24)18(26)27/h1-4,9-11,16-17H,5-8,24H2,(H,26,27). The highest BCUT2D eigenvalue weighted by atomic mass is 32.2. The quantitative estimate of drug-likeness (QED) is 0.466. The maximum atomic E-state index is 13.5. The van der Waals surface area contributed by atoms with Crippen LogP contribution in [0.2, 0.25) is 0 Å². The Bertz CT molecular complexity index is 784. The van der Waals surface area contributed by atoms with Crippen LogP contribution in [0.5, 0.6) is 0 Å². The predicted molar refractivity (Wildman–Crippen MR) is 101 cm³/mol. The first-order valence-corrected chi connectivity index (χ1v) is 9.67. The first-order chi connectivity index (χ1) is 13.2. The lowest BCUT2D eigenvalue weighted by Gasteiger charge is -2.21. The van der Waals surface area contributed by atoms with Crippen molar-refractivity contribution in [2.24, 2.45) is 5.73 Å². The molecule has 0 aliphatic heterocycles. The molecule has 0 saturated carbocycles. The number of carboxylic acid groups (broad SMARTS) is 1. The van der Waals surface area contributed by atoms with Gasteiger partial charge in [0, 0.05) is 11.8 Å². The number of hydrogen-bond acceptors (Lipinski definition) is 4. The van der Waals surface area contributed by atoms with Crippen molar-refractivity contribution in [3.63, 3.8) is 0 Å². The second-order valence-electron chi connectivity index (χ2n) is 6.24. The topological polar surface area (TPSA) is 76.2 Å². The average Bonchev–Trinajstić information content (AvgIpc) is 2.63. The van der Waals surface area contributed by atoms with E-state index in [1.54, 1.807) is 0 Å². The highest BCUT2D eigenvalue weighted by Gasteiger charge is 2.40. The van der Waals surface area contributed by atoms with E-state index in [1.807, 2.05) is 0 Å². The van der Waals surface area contributed by atoms with Crippen molar-refractivity contribution in [1.29, 1.82) is 0 Å². The fraction of sp³-hybridized carbons (Fsp3) is 0.368. The SMILES string of the molecule is NC(CCSCCC(c1ccc(-c2cncc(F)c2)cc1)C(F)(F)F)C(=O)O. The largest absolute Gasteiger partial charge is 0.480 e. The number of aromatic nitrogens is 1. The molecule has 9 heteroatoms. The number of carboxylic acids is 1. The Labute approximate surface area is 164 Å². The lowest BCUT2D eigenvalue weighted by atomic mass is 9.94. The first-order valence-electron chi connectivity index (χ1n) is 8.52. The normalized spacial score (nSPS) is 13.9. The summed E-state index contributed by atoms with van der Waals surface area (Å²) in [7, 11) is 0. The fourth-order valence-electron chi connectivity index (χ4n) is 2.63. The third kappa shape index (κ3) is 6.49. The summed E-state index contributed by atoms with van der Waals surface area (Å²) >= 11 is 1.25. The average molecular weight is 416 g/mol. The van der Waals surface area contributed by atoms with Crippen molar-refractivity contribution < 1.29 is 27.5 Å². The summed E-state index contributed by atoms with van der Waals surface area (Å²) in [6.07, 6.45) is -1.83. The van der Waals surface area contributed by atoms with Crippen molar-refractivity contribution in [2.75, 3.05) is 11.5 Å². The maximum absolute atomic E-state index is 13.5. The molecular weight excluding hydrogens is 396 g/mol. The molecule has 0 aliphatic rings. The Morgan fingerprint density at radius 2 is 1.75 bits per heavy atom. The second kappa shape index (κ2) is 9.88. The number of thioether (sulfide) groups is 1. The van der Waals surface area contributed by atoms with E-state index in [0.717, 1.165) is 6.20 Å². The number of carbonyl (C=O) groups is 1. The summed E-state index contributed by atoms with van der Waals surface area (Å²) in [6.45, 7) is 0. The van der Waals surface area contributed by atoms with Gasteiger partial charge in [-0.25, -0.2) is 4.39 Å². The number of halogens is 4. The fourth-order valence-corrected chi connectivity index (χ4v) is 3.66. The van der Waals surface area contributed by atoms with Gasteiger partial charge >= 0.3 is 12.1 Å². The molecule has 3 N–H and O–H groups in total. The van der Waals surface area contributed by atoms with Crippen LogP contribution in [0.3, 0.4) is 0 Å². The highest BCUT2D eigenvalue weighted by molar-refractivity contribution is 7.99. The molecule has 2 aromatic rings. The molecule has 2 rings (SSSR count). The van der Waals surface area contributed by atoms with Crippen LogP contribution in [0.15, 0.2) is 42.7 Å². The molecule has 1 heterocycles.